The van der Waals surface area contributed by atoms with Crippen LogP contribution in [0.15, 0.2) is 18.2 Å². The first-order valence-corrected chi connectivity index (χ1v) is 5.47. The second kappa shape index (κ2) is 4.95. The molecular weight excluding hydrogens is 223 g/mol. The summed E-state index contributed by atoms with van der Waals surface area (Å²) in [5.74, 6) is -0.443. The van der Waals surface area contributed by atoms with Crippen LogP contribution in [0.3, 0.4) is 0 Å². The van der Waals surface area contributed by atoms with Crippen LogP contribution in [-0.2, 0) is 4.79 Å². The molecule has 1 aliphatic heterocycles. The molecule has 0 saturated carbocycles. The van der Waals surface area contributed by atoms with Crippen LogP contribution >= 0.6 is 0 Å². The minimum absolute atomic E-state index is 0.0163. The maximum absolute atomic E-state index is 13.7. The Hall–Kier alpha value is -1.91. The van der Waals surface area contributed by atoms with E-state index in [1.807, 2.05) is 4.90 Å². The predicted molar refractivity (Wildman–Crippen MR) is 61.6 cm³/mol. The molecule has 1 amide bonds. The van der Waals surface area contributed by atoms with Crippen molar-refractivity contribution < 1.29 is 14.0 Å². The Labute approximate surface area is 98.4 Å². The lowest BCUT2D eigenvalue weighted by Crippen LogP contribution is -2.29. The van der Waals surface area contributed by atoms with Crippen LogP contribution in [0.1, 0.15) is 16.8 Å². The summed E-state index contributed by atoms with van der Waals surface area (Å²) in [5, 5.41) is 2.73. The summed E-state index contributed by atoms with van der Waals surface area (Å²) < 4.78 is 13.7. The van der Waals surface area contributed by atoms with Crippen LogP contribution in [0.5, 0.6) is 0 Å². The number of hydrogen-bond donors (Lipinski definition) is 1. The average molecular weight is 236 g/mol. The summed E-state index contributed by atoms with van der Waals surface area (Å²) in [4.78, 5) is 23.5. The van der Waals surface area contributed by atoms with Crippen molar-refractivity contribution in [3.8, 4) is 0 Å². The van der Waals surface area contributed by atoms with Crippen LogP contribution in [0.25, 0.3) is 0 Å². The molecule has 0 atom stereocenters. The number of nitrogens with zero attached hydrogens (tertiary/aromatic N) is 1. The Balaban J connectivity index is 2.21. The maximum atomic E-state index is 13.7. The Bertz CT molecular complexity index is 448. The van der Waals surface area contributed by atoms with Crippen molar-refractivity contribution in [3.63, 3.8) is 0 Å². The van der Waals surface area contributed by atoms with Gasteiger partial charge in [-0.15, -0.1) is 0 Å². The minimum Gasteiger partial charge on any atom is -0.367 e. The number of rotatable bonds is 2. The first kappa shape index (κ1) is 11.6. The largest absolute Gasteiger partial charge is 0.367 e. The third-order valence-electron chi connectivity index (χ3n) is 2.76. The van der Waals surface area contributed by atoms with Gasteiger partial charge in [-0.2, -0.15) is 0 Å². The second-order valence-electron chi connectivity index (χ2n) is 3.92. The van der Waals surface area contributed by atoms with Crippen LogP contribution < -0.4 is 10.2 Å². The van der Waals surface area contributed by atoms with Gasteiger partial charge in [0.1, 0.15) is 12.1 Å². The SMILES string of the molecule is O=Cc1ccc(N2CCNC(=O)CC2)c(F)c1. The lowest BCUT2D eigenvalue weighted by Gasteiger charge is -2.22. The number of hydrogen-bond acceptors (Lipinski definition) is 3. The molecule has 0 unspecified atom stereocenters. The summed E-state index contributed by atoms with van der Waals surface area (Å²) in [6.45, 7) is 1.57. The topological polar surface area (TPSA) is 49.4 Å². The zero-order chi connectivity index (χ0) is 12.3. The molecule has 0 bridgehead atoms. The smallest absolute Gasteiger partial charge is 0.221 e. The van der Waals surface area contributed by atoms with Gasteiger partial charge < -0.3 is 10.2 Å². The van der Waals surface area contributed by atoms with Crippen molar-refractivity contribution in [2.75, 3.05) is 24.5 Å². The van der Waals surface area contributed by atoms with Gasteiger partial charge in [0.25, 0.3) is 0 Å². The number of anilines is 1. The molecule has 5 heteroatoms. The van der Waals surface area contributed by atoms with Gasteiger partial charge in [-0.25, -0.2) is 4.39 Å². The van der Waals surface area contributed by atoms with Gasteiger partial charge in [-0.05, 0) is 18.2 Å². The number of carbonyl (C=O) groups is 2. The minimum atomic E-state index is -0.427. The number of amides is 1. The maximum Gasteiger partial charge on any atom is 0.221 e. The first-order valence-electron chi connectivity index (χ1n) is 5.47. The highest BCUT2D eigenvalue weighted by atomic mass is 19.1. The van der Waals surface area contributed by atoms with E-state index in [4.69, 9.17) is 0 Å². The molecule has 1 aromatic carbocycles. The average Bonchev–Trinajstić information content (AvgIpc) is 2.54. The van der Waals surface area contributed by atoms with Gasteiger partial charge >= 0.3 is 0 Å². The fraction of sp³-hybridized carbons (Fsp3) is 0.333. The third kappa shape index (κ3) is 2.61. The summed E-state index contributed by atoms with van der Waals surface area (Å²) >= 11 is 0. The fourth-order valence-corrected chi connectivity index (χ4v) is 1.86. The second-order valence-corrected chi connectivity index (χ2v) is 3.92. The van der Waals surface area contributed by atoms with Gasteiger partial charge in [0, 0.05) is 31.6 Å². The van der Waals surface area contributed by atoms with E-state index in [-0.39, 0.29) is 5.91 Å². The molecule has 1 saturated heterocycles. The highest BCUT2D eigenvalue weighted by molar-refractivity contribution is 5.78. The van der Waals surface area contributed by atoms with Crippen molar-refractivity contribution in [1.82, 2.24) is 5.32 Å². The molecule has 1 fully saturated rings. The van der Waals surface area contributed by atoms with E-state index in [0.717, 1.165) is 0 Å². The Morgan fingerprint density at radius 2 is 2.18 bits per heavy atom. The summed E-state index contributed by atoms with van der Waals surface area (Å²) in [7, 11) is 0. The summed E-state index contributed by atoms with van der Waals surface area (Å²) in [6.07, 6.45) is 0.967. The molecule has 1 aromatic rings. The zero-order valence-electron chi connectivity index (χ0n) is 9.28. The van der Waals surface area contributed by atoms with E-state index in [2.05, 4.69) is 5.32 Å². The lowest BCUT2D eigenvalue weighted by molar-refractivity contribution is -0.120. The Morgan fingerprint density at radius 1 is 1.35 bits per heavy atom. The van der Waals surface area contributed by atoms with Crippen LogP contribution in [-0.4, -0.2) is 31.8 Å². The standard InChI is InChI=1S/C12H13FN2O2/c13-10-7-9(8-16)1-2-11(10)15-5-3-12(17)14-4-6-15/h1-2,7-8H,3-6H2,(H,14,17). The highest BCUT2D eigenvalue weighted by Crippen LogP contribution is 2.20. The van der Waals surface area contributed by atoms with Gasteiger partial charge in [0.15, 0.2) is 0 Å². The summed E-state index contributed by atoms with van der Waals surface area (Å²) in [5.41, 5.74) is 0.752. The van der Waals surface area contributed by atoms with Crippen molar-refractivity contribution in [2.24, 2.45) is 0 Å². The monoisotopic (exact) mass is 236 g/mol. The van der Waals surface area contributed by atoms with Crippen molar-refractivity contribution in [2.45, 2.75) is 6.42 Å². The molecule has 90 valence electrons. The molecule has 0 spiro atoms. The van der Waals surface area contributed by atoms with Crippen LogP contribution in [0.4, 0.5) is 10.1 Å². The molecule has 2 rings (SSSR count). The van der Waals surface area contributed by atoms with Gasteiger partial charge in [0.2, 0.25) is 5.91 Å². The Morgan fingerprint density at radius 3 is 2.88 bits per heavy atom. The molecule has 1 aliphatic rings. The number of halogens is 1. The normalized spacial score (nSPS) is 16.3. The van der Waals surface area contributed by atoms with E-state index in [9.17, 15) is 14.0 Å². The highest BCUT2D eigenvalue weighted by Gasteiger charge is 2.16. The molecular formula is C12H13FN2O2. The number of nitrogens with one attached hydrogen (secondary N) is 1. The molecule has 0 aliphatic carbocycles. The molecule has 4 nitrogen and oxygen atoms in total. The fourth-order valence-electron chi connectivity index (χ4n) is 1.86. The van der Waals surface area contributed by atoms with Gasteiger partial charge in [0.05, 0.1) is 5.69 Å². The van der Waals surface area contributed by atoms with Gasteiger partial charge in [-0.1, -0.05) is 0 Å². The van der Waals surface area contributed by atoms with Gasteiger partial charge in [-0.3, -0.25) is 9.59 Å². The predicted octanol–water partition coefficient (Wildman–Crippen LogP) is 0.964. The molecule has 17 heavy (non-hydrogen) atoms. The summed E-state index contributed by atoms with van der Waals surface area (Å²) in [6, 6.07) is 4.36. The van der Waals surface area contributed by atoms with E-state index >= 15 is 0 Å². The van der Waals surface area contributed by atoms with Crippen LogP contribution in [0.2, 0.25) is 0 Å². The number of benzene rings is 1. The molecule has 1 N–H and O–H groups in total. The Kier molecular flexibility index (Phi) is 3.37. The lowest BCUT2D eigenvalue weighted by atomic mass is 10.2. The van der Waals surface area contributed by atoms with E-state index in [1.54, 1.807) is 12.1 Å². The zero-order valence-corrected chi connectivity index (χ0v) is 9.28. The first-order chi connectivity index (χ1) is 8.20. The van der Waals surface area contributed by atoms with Crippen LogP contribution in [0, 0.1) is 5.82 Å². The quantitative estimate of drug-likeness (QED) is 0.778. The van der Waals surface area contributed by atoms with E-state index in [1.165, 1.54) is 6.07 Å². The molecule has 0 aromatic heterocycles. The van der Waals surface area contributed by atoms with E-state index in [0.29, 0.717) is 43.6 Å². The van der Waals surface area contributed by atoms with Crippen molar-refractivity contribution >= 4 is 17.9 Å². The number of aldehydes is 1. The van der Waals surface area contributed by atoms with Crippen molar-refractivity contribution in [1.29, 1.82) is 0 Å². The van der Waals surface area contributed by atoms with E-state index < -0.39 is 5.82 Å². The third-order valence-corrected chi connectivity index (χ3v) is 2.76. The molecule has 1 heterocycles. The van der Waals surface area contributed by atoms with Crippen molar-refractivity contribution in [3.05, 3.63) is 29.6 Å². The molecule has 0 radical (unpaired) electrons. The number of carbonyl (C=O) groups excluding carboxylic acids is 2.